The van der Waals surface area contributed by atoms with E-state index >= 15 is 0 Å². The number of nitrogens with two attached hydrogens (primary N) is 1. The molecule has 0 radical (unpaired) electrons. The van der Waals surface area contributed by atoms with E-state index in [-0.39, 0.29) is 0 Å². The zero-order chi connectivity index (χ0) is 10.7. The van der Waals surface area contributed by atoms with Gasteiger partial charge in [0.2, 0.25) is 0 Å². The number of nitrogens with one attached hydrogen (secondary N) is 1. The first kappa shape index (κ1) is 9.73. The largest absolute Gasteiger partial charge is 0.494 e. The summed E-state index contributed by atoms with van der Waals surface area (Å²) in [6.45, 7) is 2.61. The normalized spacial score (nSPS) is 10.3. The van der Waals surface area contributed by atoms with E-state index in [1.165, 1.54) is 0 Å². The fourth-order valence-electron chi connectivity index (χ4n) is 1.51. The van der Waals surface area contributed by atoms with E-state index in [0.717, 1.165) is 22.3 Å². The average molecular weight is 203 g/mol. The SMILES string of the molecule is CCOc1ccc2c(NN)ccnc2c1. The Morgan fingerprint density at radius 1 is 1.40 bits per heavy atom. The van der Waals surface area contributed by atoms with Crippen LogP contribution in [0.5, 0.6) is 5.75 Å². The third-order valence-electron chi connectivity index (χ3n) is 2.18. The van der Waals surface area contributed by atoms with Crippen LogP contribution < -0.4 is 16.0 Å². The van der Waals surface area contributed by atoms with Crippen LogP contribution in [0.4, 0.5) is 5.69 Å². The Morgan fingerprint density at radius 2 is 2.27 bits per heavy atom. The van der Waals surface area contributed by atoms with Gasteiger partial charge in [-0.1, -0.05) is 0 Å². The van der Waals surface area contributed by atoms with Gasteiger partial charge >= 0.3 is 0 Å². The molecule has 2 aromatic rings. The molecule has 78 valence electrons. The fraction of sp³-hybridized carbons (Fsp3) is 0.182. The number of hydrogen-bond donors (Lipinski definition) is 2. The topological polar surface area (TPSA) is 60.2 Å². The van der Waals surface area contributed by atoms with Crippen LogP contribution in [-0.2, 0) is 0 Å². The van der Waals surface area contributed by atoms with Gasteiger partial charge in [-0.2, -0.15) is 0 Å². The van der Waals surface area contributed by atoms with Crippen LogP contribution >= 0.6 is 0 Å². The number of nitrogen functional groups attached to an aromatic ring is 1. The van der Waals surface area contributed by atoms with E-state index in [1.807, 2.05) is 31.2 Å². The highest BCUT2D eigenvalue weighted by Gasteiger charge is 2.01. The third-order valence-corrected chi connectivity index (χ3v) is 2.18. The van der Waals surface area contributed by atoms with Crippen LogP contribution in [0.2, 0.25) is 0 Å². The van der Waals surface area contributed by atoms with Crippen molar-refractivity contribution in [3.8, 4) is 5.75 Å². The summed E-state index contributed by atoms with van der Waals surface area (Å²) >= 11 is 0. The average Bonchev–Trinajstić information content (AvgIpc) is 2.28. The van der Waals surface area contributed by atoms with Crippen LogP contribution in [0, 0.1) is 0 Å². The summed E-state index contributed by atoms with van der Waals surface area (Å²) in [6.07, 6.45) is 1.72. The predicted octanol–water partition coefficient (Wildman–Crippen LogP) is 1.92. The summed E-state index contributed by atoms with van der Waals surface area (Å²) in [5.41, 5.74) is 4.38. The number of hydrazine groups is 1. The lowest BCUT2D eigenvalue weighted by Crippen LogP contribution is -2.07. The molecule has 1 heterocycles. The molecule has 0 saturated carbocycles. The first-order chi connectivity index (χ1) is 7.35. The minimum Gasteiger partial charge on any atom is -0.494 e. The van der Waals surface area contributed by atoms with E-state index in [2.05, 4.69) is 10.4 Å². The molecule has 0 atom stereocenters. The van der Waals surface area contributed by atoms with Gasteiger partial charge in [-0.05, 0) is 25.1 Å². The van der Waals surface area contributed by atoms with Crippen molar-refractivity contribution in [2.45, 2.75) is 6.92 Å². The smallest absolute Gasteiger partial charge is 0.121 e. The van der Waals surface area contributed by atoms with E-state index in [0.29, 0.717) is 6.61 Å². The van der Waals surface area contributed by atoms with Crippen molar-refractivity contribution in [2.75, 3.05) is 12.0 Å². The highest BCUT2D eigenvalue weighted by molar-refractivity contribution is 5.91. The second kappa shape index (κ2) is 4.14. The van der Waals surface area contributed by atoms with Crippen molar-refractivity contribution in [1.82, 2.24) is 4.98 Å². The third kappa shape index (κ3) is 1.85. The first-order valence-corrected chi connectivity index (χ1v) is 4.83. The monoisotopic (exact) mass is 203 g/mol. The maximum absolute atomic E-state index is 5.40. The summed E-state index contributed by atoms with van der Waals surface area (Å²) in [5.74, 6) is 6.23. The summed E-state index contributed by atoms with van der Waals surface area (Å²) < 4.78 is 5.40. The van der Waals surface area contributed by atoms with Crippen LogP contribution in [0.15, 0.2) is 30.5 Å². The van der Waals surface area contributed by atoms with Gasteiger partial charge in [0.1, 0.15) is 5.75 Å². The Labute approximate surface area is 88.0 Å². The zero-order valence-corrected chi connectivity index (χ0v) is 8.53. The van der Waals surface area contributed by atoms with Crippen LogP contribution in [0.25, 0.3) is 10.9 Å². The minimum atomic E-state index is 0.653. The van der Waals surface area contributed by atoms with Crippen molar-refractivity contribution in [3.63, 3.8) is 0 Å². The molecule has 0 fully saturated rings. The lowest BCUT2D eigenvalue weighted by atomic mass is 10.2. The molecule has 0 amide bonds. The van der Waals surface area contributed by atoms with Crippen molar-refractivity contribution in [3.05, 3.63) is 30.5 Å². The van der Waals surface area contributed by atoms with E-state index in [9.17, 15) is 0 Å². The molecular weight excluding hydrogens is 190 g/mol. The summed E-state index contributed by atoms with van der Waals surface area (Å²) in [4.78, 5) is 4.26. The predicted molar refractivity (Wildman–Crippen MR) is 60.7 cm³/mol. The highest BCUT2D eigenvalue weighted by Crippen LogP contribution is 2.24. The second-order valence-electron chi connectivity index (χ2n) is 3.11. The van der Waals surface area contributed by atoms with Gasteiger partial charge in [0.15, 0.2) is 0 Å². The Bertz CT molecular complexity index is 470. The summed E-state index contributed by atoms with van der Waals surface area (Å²) in [6, 6.07) is 7.60. The molecule has 0 aliphatic rings. The fourth-order valence-corrected chi connectivity index (χ4v) is 1.51. The molecule has 4 heteroatoms. The highest BCUT2D eigenvalue weighted by atomic mass is 16.5. The first-order valence-electron chi connectivity index (χ1n) is 4.83. The van der Waals surface area contributed by atoms with Crippen LogP contribution in [0.3, 0.4) is 0 Å². The maximum Gasteiger partial charge on any atom is 0.121 e. The van der Waals surface area contributed by atoms with Gasteiger partial charge in [0.05, 0.1) is 17.8 Å². The molecule has 3 N–H and O–H groups in total. The van der Waals surface area contributed by atoms with Crippen molar-refractivity contribution in [1.29, 1.82) is 0 Å². The van der Waals surface area contributed by atoms with Crippen molar-refractivity contribution in [2.24, 2.45) is 5.84 Å². The maximum atomic E-state index is 5.40. The van der Waals surface area contributed by atoms with Gasteiger partial charge < -0.3 is 10.2 Å². The Hall–Kier alpha value is -1.81. The minimum absolute atomic E-state index is 0.653. The molecule has 0 saturated heterocycles. The number of hydrogen-bond acceptors (Lipinski definition) is 4. The molecule has 0 unspecified atom stereocenters. The van der Waals surface area contributed by atoms with Crippen molar-refractivity contribution < 1.29 is 4.74 Å². The molecule has 0 aliphatic carbocycles. The molecule has 1 aromatic carbocycles. The number of pyridine rings is 1. The number of rotatable bonds is 3. The van der Waals surface area contributed by atoms with Crippen LogP contribution in [0.1, 0.15) is 6.92 Å². The Kier molecular flexibility index (Phi) is 2.69. The molecule has 4 nitrogen and oxygen atoms in total. The van der Waals surface area contributed by atoms with E-state index in [4.69, 9.17) is 10.6 Å². The Morgan fingerprint density at radius 3 is 3.00 bits per heavy atom. The Balaban J connectivity index is 2.53. The molecule has 0 bridgehead atoms. The standard InChI is InChI=1S/C11H13N3O/c1-2-15-8-3-4-9-10(14-12)5-6-13-11(9)7-8/h3-7H,2,12H2,1H3,(H,13,14). The van der Waals surface area contributed by atoms with Gasteiger partial charge in [0.25, 0.3) is 0 Å². The van der Waals surface area contributed by atoms with E-state index < -0.39 is 0 Å². The molecule has 15 heavy (non-hydrogen) atoms. The molecular formula is C11H13N3O. The second-order valence-corrected chi connectivity index (χ2v) is 3.11. The number of nitrogens with zero attached hydrogens (tertiary/aromatic N) is 1. The number of fused-ring (bicyclic) bond motifs is 1. The lowest BCUT2D eigenvalue weighted by molar-refractivity contribution is 0.340. The molecule has 1 aromatic heterocycles. The number of ether oxygens (including phenoxy) is 1. The van der Waals surface area contributed by atoms with E-state index in [1.54, 1.807) is 6.20 Å². The van der Waals surface area contributed by atoms with Gasteiger partial charge in [-0.3, -0.25) is 10.8 Å². The molecule has 0 spiro atoms. The number of aromatic nitrogens is 1. The number of anilines is 1. The summed E-state index contributed by atoms with van der Waals surface area (Å²) in [5, 5.41) is 0.989. The molecule has 0 aliphatic heterocycles. The van der Waals surface area contributed by atoms with Gasteiger partial charge in [-0.25, -0.2) is 0 Å². The quantitative estimate of drug-likeness (QED) is 0.591. The zero-order valence-electron chi connectivity index (χ0n) is 8.53. The summed E-state index contributed by atoms with van der Waals surface area (Å²) in [7, 11) is 0. The van der Waals surface area contributed by atoms with Gasteiger partial charge in [-0.15, -0.1) is 0 Å². The van der Waals surface area contributed by atoms with Gasteiger partial charge in [0, 0.05) is 17.6 Å². The lowest BCUT2D eigenvalue weighted by Gasteiger charge is -2.07. The number of benzene rings is 1. The van der Waals surface area contributed by atoms with Crippen molar-refractivity contribution >= 4 is 16.6 Å². The van der Waals surface area contributed by atoms with Crippen LogP contribution in [-0.4, -0.2) is 11.6 Å². The molecule has 2 rings (SSSR count).